The summed E-state index contributed by atoms with van der Waals surface area (Å²) in [6, 6.07) is 6.91. The van der Waals surface area contributed by atoms with Gasteiger partial charge in [0.1, 0.15) is 5.82 Å². The van der Waals surface area contributed by atoms with Crippen molar-refractivity contribution >= 4 is 0 Å². The summed E-state index contributed by atoms with van der Waals surface area (Å²) in [7, 11) is 0. The fraction of sp³-hybridized carbons (Fsp3) is 0.684. The molecule has 1 aliphatic heterocycles. The number of nitrogens with one attached hydrogen (secondary N) is 1. The van der Waals surface area contributed by atoms with Gasteiger partial charge in [0.25, 0.3) is 0 Å². The van der Waals surface area contributed by atoms with Crippen molar-refractivity contribution in [1.82, 2.24) is 10.2 Å². The highest BCUT2D eigenvalue weighted by Gasteiger charge is 2.54. The molecular formula is C19H29FN2O. The lowest BCUT2D eigenvalue weighted by atomic mass is 9.64. The lowest BCUT2D eigenvalue weighted by Gasteiger charge is -2.56. The number of benzene rings is 1. The Morgan fingerprint density at radius 2 is 1.91 bits per heavy atom. The monoisotopic (exact) mass is 320 g/mol. The van der Waals surface area contributed by atoms with Crippen LogP contribution in [0.15, 0.2) is 24.3 Å². The van der Waals surface area contributed by atoms with Crippen molar-refractivity contribution < 1.29 is 9.50 Å². The molecule has 0 spiro atoms. The Morgan fingerprint density at radius 3 is 2.52 bits per heavy atom. The fourth-order valence-electron chi connectivity index (χ4n) is 4.84. The minimum Gasteiger partial charge on any atom is -0.388 e. The zero-order valence-corrected chi connectivity index (χ0v) is 14.2. The van der Waals surface area contributed by atoms with E-state index in [2.05, 4.69) is 17.1 Å². The first-order valence-corrected chi connectivity index (χ1v) is 9.06. The van der Waals surface area contributed by atoms with E-state index >= 15 is 0 Å². The van der Waals surface area contributed by atoms with Gasteiger partial charge in [-0.25, -0.2) is 4.39 Å². The summed E-state index contributed by atoms with van der Waals surface area (Å²) in [6.45, 7) is 5.78. The summed E-state index contributed by atoms with van der Waals surface area (Å²) in [6.07, 6.45) is 5.71. The fourth-order valence-corrected chi connectivity index (χ4v) is 4.84. The molecule has 23 heavy (non-hydrogen) atoms. The van der Waals surface area contributed by atoms with E-state index in [0.717, 1.165) is 63.8 Å². The first-order valence-electron chi connectivity index (χ1n) is 9.06. The number of hydrogen-bond acceptors (Lipinski definition) is 3. The van der Waals surface area contributed by atoms with Crippen LogP contribution in [0.2, 0.25) is 0 Å². The third-order valence-electron chi connectivity index (χ3n) is 5.92. The number of aliphatic hydroxyl groups is 1. The lowest BCUT2D eigenvalue weighted by Crippen LogP contribution is -2.65. The van der Waals surface area contributed by atoms with Gasteiger partial charge in [-0.15, -0.1) is 0 Å². The van der Waals surface area contributed by atoms with Gasteiger partial charge in [0.05, 0.1) is 11.1 Å². The minimum atomic E-state index is -0.773. The van der Waals surface area contributed by atoms with Crippen LogP contribution in [0.25, 0.3) is 0 Å². The minimum absolute atomic E-state index is 0.213. The SMILES string of the molecule is CCC(c1cccc(F)c1)(N1CCNCC1)C1(O)CCCCC1. The molecule has 3 nitrogen and oxygen atoms in total. The van der Waals surface area contributed by atoms with E-state index in [4.69, 9.17) is 0 Å². The van der Waals surface area contributed by atoms with Crippen LogP contribution >= 0.6 is 0 Å². The molecule has 1 aromatic rings. The molecule has 0 aromatic heterocycles. The van der Waals surface area contributed by atoms with E-state index in [-0.39, 0.29) is 5.82 Å². The molecule has 1 saturated heterocycles. The normalized spacial score (nSPS) is 25.0. The summed E-state index contributed by atoms with van der Waals surface area (Å²) in [4.78, 5) is 2.41. The quantitative estimate of drug-likeness (QED) is 0.895. The molecule has 128 valence electrons. The van der Waals surface area contributed by atoms with Gasteiger partial charge in [-0.1, -0.05) is 38.3 Å². The van der Waals surface area contributed by atoms with Crippen LogP contribution in [0.5, 0.6) is 0 Å². The second kappa shape index (κ2) is 6.88. The van der Waals surface area contributed by atoms with E-state index in [1.54, 1.807) is 12.1 Å². The van der Waals surface area contributed by atoms with E-state index in [1.807, 2.05) is 6.07 Å². The van der Waals surface area contributed by atoms with E-state index < -0.39 is 11.1 Å². The summed E-state index contributed by atoms with van der Waals surface area (Å²) in [5.41, 5.74) is -0.325. The van der Waals surface area contributed by atoms with Crippen molar-refractivity contribution in [1.29, 1.82) is 0 Å². The van der Waals surface area contributed by atoms with Crippen molar-refractivity contribution in [3.8, 4) is 0 Å². The Balaban J connectivity index is 2.10. The smallest absolute Gasteiger partial charge is 0.123 e. The molecule has 1 atom stereocenters. The zero-order valence-electron chi connectivity index (χ0n) is 14.2. The number of hydrogen-bond donors (Lipinski definition) is 2. The predicted molar refractivity (Wildman–Crippen MR) is 90.8 cm³/mol. The second-order valence-electron chi connectivity index (χ2n) is 7.05. The Hall–Kier alpha value is -0.970. The molecule has 1 saturated carbocycles. The average molecular weight is 320 g/mol. The standard InChI is InChI=1S/C19H29FN2O/c1-2-19(22-13-11-21-12-14-22,16-7-6-8-17(20)15-16)18(23)9-4-3-5-10-18/h6-8,15,21,23H,2-5,9-14H2,1H3. The molecule has 0 bridgehead atoms. The Bertz CT molecular complexity index is 524. The molecule has 2 aliphatic rings. The van der Waals surface area contributed by atoms with Crippen molar-refractivity contribution in [2.75, 3.05) is 26.2 Å². The van der Waals surface area contributed by atoms with Crippen LogP contribution in [-0.4, -0.2) is 41.8 Å². The first kappa shape index (κ1) is 16.9. The van der Waals surface area contributed by atoms with Gasteiger partial charge in [-0.05, 0) is 37.0 Å². The third kappa shape index (κ3) is 2.92. The highest BCUT2D eigenvalue weighted by Crippen LogP contribution is 2.49. The summed E-state index contributed by atoms with van der Waals surface area (Å²) < 4.78 is 14.0. The largest absolute Gasteiger partial charge is 0.388 e. The van der Waals surface area contributed by atoms with Gasteiger partial charge in [0, 0.05) is 26.2 Å². The van der Waals surface area contributed by atoms with Gasteiger partial charge in [0.2, 0.25) is 0 Å². The molecule has 2 N–H and O–H groups in total. The molecular weight excluding hydrogens is 291 g/mol. The van der Waals surface area contributed by atoms with Crippen molar-refractivity contribution in [2.45, 2.75) is 56.6 Å². The lowest BCUT2D eigenvalue weighted by molar-refractivity contribution is -0.145. The van der Waals surface area contributed by atoms with Crippen LogP contribution in [0, 0.1) is 5.82 Å². The zero-order chi connectivity index (χ0) is 16.3. The van der Waals surface area contributed by atoms with Crippen LogP contribution in [0.3, 0.4) is 0 Å². The van der Waals surface area contributed by atoms with E-state index in [0.29, 0.717) is 0 Å². The maximum Gasteiger partial charge on any atom is 0.123 e. The maximum atomic E-state index is 14.0. The summed E-state index contributed by atoms with van der Waals surface area (Å²) in [5, 5.41) is 15.1. The highest BCUT2D eigenvalue weighted by atomic mass is 19.1. The third-order valence-corrected chi connectivity index (χ3v) is 5.92. The molecule has 3 rings (SSSR count). The molecule has 1 heterocycles. The number of nitrogens with zero attached hydrogens (tertiary/aromatic N) is 1. The van der Waals surface area contributed by atoms with Crippen molar-refractivity contribution in [2.24, 2.45) is 0 Å². The van der Waals surface area contributed by atoms with Crippen LogP contribution in [0.4, 0.5) is 4.39 Å². The number of piperazine rings is 1. The van der Waals surface area contributed by atoms with Crippen molar-refractivity contribution in [3.05, 3.63) is 35.6 Å². The molecule has 1 aromatic carbocycles. The molecule has 0 amide bonds. The highest BCUT2D eigenvalue weighted by molar-refractivity contribution is 5.30. The molecule has 1 unspecified atom stereocenters. The summed E-state index contributed by atoms with van der Waals surface area (Å²) >= 11 is 0. The average Bonchev–Trinajstić information content (AvgIpc) is 2.57. The Morgan fingerprint density at radius 1 is 1.22 bits per heavy atom. The topological polar surface area (TPSA) is 35.5 Å². The van der Waals surface area contributed by atoms with E-state index in [9.17, 15) is 9.50 Å². The number of halogens is 1. The van der Waals surface area contributed by atoms with Gasteiger partial charge < -0.3 is 10.4 Å². The van der Waals surface area contributed by atoms with Crippen LogP contribution in [-0.2, 0) is 5.54 Å². The Labute approximate surface area is 138 Å². The van der Waals surface area contributed by atoms with Gasteiger partial charge >= 0.3 is 0 Å². The molecule has 1 aliphatic carbocycles. The van der Waals surface area contributed by atoms with Crippen LogP contribution < -0.4 is 5.32 Å². The number of rotatable bonds is 4. The first-order chi connectivity index (χ1) is 11.1. The molecule has 0 radical (unpaired) electrons. The second-order valence-corrected chi connectivity index (χ2v) is 7.05. The Kier molecular flexibility index (Phi) is 5.04. The van der Waals surface area contributed by atoms with Crippen LogP contribution in [0.1, 0.15) is 51.0 Å². The predicted octanol–water partition coefficient (Wildman–Crippen LogP) is 3.03. The molecule has 4 heteroatoms. The van der Waals surface area contributed by atoms with Gasteiger partial charge in [0.15, 0.2) is 0 Å². The van der Waals surface area contributed by atoms with E-state index in [1.165, 1.54) is 12.5 Å². The van der Waals surface area contributed by atoms with Gasteiger partial charge in [-0.2, -0.15) is 0 Å². The molecule has 2 fully saturated rings. The maximum absolute atomic E-state index is 14.0. The summed E-state index contributed by atoms with van der Waals surface area (Å²) in [5.74, 6) is -0.213. The van der Waals surface area contributed by atoms with Gasteiger partial charge in [-0.3, -0.25) is 4.90 Å². The van der Waals surface area contributed by atoms with Crippen molar-refractivity contribution in [3.63, 3.8) is 0 Å².